The number of halogens is 2. The van der Waals surface area contributed by atoms with Gasteiger partial charge in [-0.15, -0.1) is 0 Å². The molecule has 1 saturated carbocycles. The number of nitrogens with one attached hydrogen (secondary N) is 2. The number of aromatic nitrogens is 2. The Balaban J connectivity index is 1.61. The summed E-state index contributed by atoms with van der Waals surface area (Å²) >= 11 is 0. The average Bonchev–Trinajstić information content (AvgIpc) is 3.60. The number of carbonyl (C=O) groups is 1. The van der Waals surface area contributed by atoms with Crippen LogP contribution in [-0.2, 0) is 14.6 Å². The van der Waals surface area contributed by atoms with Gasteiger partial charge < -0.3 is 16.4 Å². The van der Waals surface area contributed by atoms with E-state index in [0.29, 0.717) is 29.8 Å². The van der Waals surface area contributed by atoms with Gasteiger partial charge in [0.25, 0.3) is 0 Å². The summed E-state index contributed by atoms with van der Waals surface area (Å²) in [6, 6.07) is 9.93. The molecule has 0 saturated heterocycles. The van der Waals surface area contributed by atoms with Crippen LogP contribution in [0.15, 0.2) is 53.4 Å². The van der Waals surface area contributed by atoms with E-state index in [9.17, 15) is 22.0 Å². The summed E-state index contributed by atoms with van der Waals surface area (Å²) in [7, 11) is -4.15. The number of anilines is 2. The largest absolute Gasteiger partial charge is 0.384 e. The highest BCUT2D eigenvalue weighted by Crippen LogP contribution is 2.55. The molecular formula is C24H25F2N5O3S. The van der Waals surface area contributed by atoms with Crippen molar-refractivity contribution < 1.29 is 22.0 Å². The minimum Gasteiger partial charge on any atom is -0.384 e. The Morgan fingerprint density at radius 1 is 1.06 bits per heavy atom. The highest BCUT2D eigenvalue weighted by atomic mass is 32.2. The minimum absolute atomic E-state index is 0.0622. The first kappa shape index (κ1) is 24.5. The summed E-state index contributed by atoms with van der Waals surface area (Å²) in [6.45, 7) is 4.52. The van der Waals surface area contributed by atoms with Gasteiger partial charge in [-0.3, -0.25) is 0 Å². The van der Waals surface area contributed by atoms with Gasteiger partial charge >= 0.3 is 6.03 Å². The molecule has 0 bridgehead atoms. The Kier molecular flexibility index (Phi) is 6.46. The number of sulfone groups is 1. The fraction of sp³-hybridized carbons (Fsp3) is 0.292. The smallest absolute Gasteiger partial charge is 0.319 e. The zero-order valence-electron chi connectivity index (χ0n) is 19.2. The summed E-state index contributed by atoms with van der Waals surface area (Å²) in [5.74, 6) is -1.38. The molecule has 1 aliphatic carbocycles. The molecular weight excluding hydrogens is 476 g/mol. The van der Waals surface area contributed by atoms with Gasteiger partial charge in [-0.25, -0.2) is 32.0 Å². The summed E-state index contributed by atoms with van der Waals surface area (Å²) in [4.78, 5) is 20.2. The molecule has 4 rings (SSSR count). The van der Waals surface area contributed by atoms with Crippen LogP contribution in [0, 0.1) is 17.6 Å². The number of urea groups is 1. The molecule has 1 heterocycles. The van der Waals surface area contributed by atoms with Gasteiger partial charge in [-0.2, -0.15) is 0 Å². The number of nitrogens with zero attached hydrogens (tertiary/aromatic N) is 2. The Labute approximate surface area is 201 Å². The van der Waals surface area contributed by atoms with Crippen LogP contribution in [0.4, 0.5) is 25.1 Å². The van der Waals surface area contributed by atoms with Crippen LogP contribution in [-0.4, -0.2) is 31.0 Å². The van der Waals surface area contributed by atoms with Crippen molar-refractivity contribution in [2.75, 3.05) is 17.6 Å². The van der Waals surface area contributed by atoms with Crippen molar-refractivity contribution in [2.24, 2.45) is 5.92 Å². The molecule has 0 radical (unpaired) electrons. The molecule has 184 valence electrons. The number of nitrogens with two attached hydrogens (primary N) is 1. The lowest BCUT2D eigenvalue weighted by atomic mass is 10.1. The van der Waals surface area contributed by atoms with Crippen molar-refractivity contribution in [3.05, 3.63) is 65.9 Å². The Morgan fingerprint density at radius 2 is 1.69 bits per heavy atom. The third-order valence-corrected chi connectivity index (χ3v) is 8.15. The van der Waals surface area contributed by atoms with Crippen molar-refractivity contribution in [3.8, 4) is 11.4 Å². The van der Waals surface area contributed by atoms with Gasteiger partial charge in [0.1, 0.15) is 22.2 Å². The number of hydrogen-bond acceptors (Lipinski definition) is 6. The standard InChI is InChI=1S/C24H25F2N5O3S/c1-14(2)13-28-23(32)29-18-5-3-15(4-6-18)22-30-20(12-21(27)31-22)24(7-8-24)35(33,34)19-10-16(25)9-17(26)11-19/h3-6,9-12,14H,7-8,13H2,1-2H3,(H2,27,30,31)(H2,28,29,32). The lowest BCUT2D eigenvalue weighted by molar-refractivity contribution is 0.251. The molecule has 1 fully saturated rings. The maximum Gasteiger partial charge on any atom is 0.319 e. The fourth-order valence-corrected chi connectivity index (χ4v) is 5.69. The third kappa shape index (κ3) is 5.09. The van der Waals surface area contributed by atoms with Crippen molar-refractivity contribution in [1.82, 2.24) is 15.3 Å². The Morgan fingerprint density at radius 3 is 2.26 bits per heavy atom. The van der Waals surface area contributed by atoms with Crippen LogP contribution < -0.4 is 16.4 Å². The lowest BCUT2D eigenvalue weighted by Crippen LogP contribution is -2.31. The number of rotatable bonds is 7. The van der Waals surface area contributed by atoms with Gasteiger partial charge in [0, 0.05) is 29.9 Å². The predicted molar refractivity (Wildman–Crippen MR) is 128 cm³/mol. The molecule has 4 N–H and O–H groups in total. The number of benzene rings is 2. The maximum atomic E-state index is 13.7. The molecule has 8 nitrogen and oxygen atoms in total. The van der Waals surface area contributed by atoms with Crippen LogP contribution >= 0.6 is 0 Å². The lowest BCUT2D eigenvalue weighted by Gasteiger charge is -2.17. The van der Waals surface area contributed by atoms with Crippen LogP contribution in [0.2, 0.25) is 0 Å². The number of carbonyl (C=O) groups excluding carboxylic acids is 1. The first-order chi connectivity index (χ1) is 16.5. The maximum absolute atomic E-state index is 13.7. The van der Waals surface area contributed by atoms with Crippen LogP contribution in [0.5, 0.6) is 0 Å². The second-order valence-corrected chi connectivity index (χ2v) is 11.2. The van der Waals surface area contributed by atoms with Crippen molar-refractivity contribution in [3.63, 3.8) is 0 Å². The van der Waals surface area contributed by atoms with E-state index in [2.05, 4.69) is 20.6 Å². The Bertz CT molecular complexity index is 1350. The number of hydrogen-bond donors (Lipinski definition) is 3. The third-order valence-electron chi connectivity index (χ3n) is 5.65. The van der Waals surface area contributed by atoms with Gasteiger partial charge in [-0.1, -0.05) is 13.8 Å². The first-order valence-electron chi connectivity index (χ1n) is 11.0. The molecule has 2 aromatic carbocycles. The van der Waals surface area contributed by atoms with E-state index in [-0.39, 0.29) is 36.2 Å². The molecule has 11 heteroatoms. The van der Waals surface area contributed by atoms with E-state index in [0.717, 1.165) is 12.1 Å². The fourth-order valence-electron chi connectivity index (χ4n) is 3.69. The topological polar surface area (TPSA) is 127 Å². The van der Waals surface area contributed by atoms with E-state index >= 15 is 0 Å². The second kappa shape index (κ2) is 9.21. The van der Waals surface area contributed by atoms with Gasteiger partial charge in [0.05, 0.1) is 10.6 Å². The first-order valence-corrected chi connectivity index (χ1v) is 12.5. The number of nitrogen functional groups attached to an aromatic ring is 1. The van der Waals surface area contributed by atoms with E-state index in [4.69, 9.17) is 5.73 Å². The molecule has 1 aromatic heterocycles. The molecule has 3 aromatic rings. The zero-order chi connectivity index (χ0) is 25.4. The highest BCUT2D eigenvalue weighted by molar-refractivity contribution is 7.92. The highest BCUT2D eigenvalue weighted by Gasteiger charge is 2.58. The zero-order valence-corrected chi connectivity index (χ0v) is 20.0. The van der Waals surface area contributed by atoms with E-state index in [1.54, 1.807) is 24.3 Å². The molecule has 0 atom stereocenters. The van der Waals surface area contributed by atoms with Crippen LogP contribution in [0.25, 0.3) is 11.4 Å². The SMILES string of the molecule is CC(C)CNC(=O)Nc1ccc(-c2nc(N)cc(C3(S(=O)(=O)c4cc(F)cc(F)c4)CC3)n2)cc1. The average molecular weight is 502 g/mol. The van der Waals surface area contributed by atoms with E-state index in [1.807, 2.05) is 13.8 Å². The quantitative estimate of drug-likeness (QED) is 0.444. The predicted octanol–water partition coefficient (Wildman–Crippen LogP) is 4.24. The molecule has 0 spiro atoms. The normalized spacial score (nSPS) is 14.5. The van der Waals surface area contributed by atoms with Gasteiger partial charge in [-0.05, 0) is 55.2 Å². The van der Waals surface area contributed by atoms with E-state index in [1.165, 1.54) is 6.07 Å². The van der Waals surface area contributed by atoms with Gasteiger partial charge in [0.2, 0.25) is 0 Å². The summed E-state index contributed by atoms with van der Waals surface area (Å²) in [5, 5.41) is 5.48. The van der Waals surface area contributed by atoms with Crippen LogP contribution in [0.3, 0.4) is 0 Å². The van der Waals surface area contributed by atoms with E-state index < -0.39 is 31.1 Å². The summed E-state index contributed by atoms with van der Waals surface area (Å²) < 4.78 is 52.7. The minimum atomic E-state index is -4.15. The van der Waals surface area contributed by atoms with Gasteiger partial charge in [0.15, 0.2) is 15.7 Å². The monoisotopic (exact) mass is 501 g/mol. The van der Waals surface area contributed by atoms with Crippen molar-refractivity contribution >= 4 is 27.4 Å². The molecule has 0 aliphatic heterocycles. The second-order valence-electron chi connectivity index (χ2n) is 8.91. The van der Waals surface area contributed by atoms with Crippen molar-refractivity contribution in [1.29, 1.82) is 0 Å². The molecule has 1 aliphatic rings. The Hall–Kier alpha value is -3.60. The summed E-state index contributed by atoms with van der Waals surface area (Å²) in [5.41, 5.74) is 7.24. The molecule has 35 heavy (non-hydrogen) atoms. The van der Waals surface area contributed by atoms with Crippen molar-refractivity contribution in [2.45, 2.75) is 36.3 Å². The number of amides is 2. The molecule has 2 amide bonds. The molecule has 0 unspecified atom stereocenters. The summed E-state index contributed by atoms with van der Waals surface area (Å²) in [6.07, 6.45) is 0.468. The van der Waals surface area contributed by atoms with Crippen LogP contribution in [0.1, 0.15) is 32.4 Å².